The average molecular weight is 266 g/mol. The molecule has 0 aliphatic rings. The van der Waals surface area contributed by atoms with Crippen molar-refractivity contribution in [3.8, 4) is 0 Å². The van der Waals surface area contributed by atoms with Crippen LogP contribution < -0.4 is 5.73 Å². The standard InChI is InChI=1S/C12H18N4OS/c1-8-7-14-12(13)10-11(8)16(9(2)15-10)5-4-6-18(3)17/h7H,4-6H2,1-3H3,(H2,13,14). The van der Waals surface area contributed by atoms with Gasteiger partial charge in [-0.1, -0.05) is 11.2 Å². The van der Waals surface area contributed by atoms with Gasteiger partial charge in [-0.05, 0) is 19.4 Å². The zero-order valence-corrected chi connectivity index (χ0v) is 11.8. The molecule has 2 heterocycles. The van der Waals surface area contributed by atoms with Gasteiger partial charge in [-0.15, -0.1) is 0 Å². The van der Waals surface area contributed by atoms with Gasteiger partial charge in [-0.3, -0.25) is 0 Å². The summed E-state index contributed by atoms with van der Waals surface area (Å²) < 4.78 is 13.2. The molecule has 2 aromatic rings. The van der Waals surface area contributed by atoms with Crippen molar-refractivity contribution in [1.29, 1.82) is 0 Å². The van der Waals surface area contributed by atoms with E-state index in [9.17, 15) is 4.55 Å². The predicted molar refractivity (Wildman–Crippen MR) is 75.0 cm³/mol. The number of anilines is 1. The third-order valence-electron chi connectivity index (χ3n) is 2.99. The molecule has 1 atom stereocenters. The van der Waals surface area contributed by atoms with Crippen molar-refractivity contribution < 1.29 is 4.55 Å². The van der Waals surface area contributed by atoms with Gasteiger partial charge in [0.25, 0.3) is 0 Å². The predicted octanol–water partition coefficient (Wildman–Crippen LogP) is 1.40. The van der Waals surface area contributed by atoms with Crippen molar-refractivity contribution in [3.63, 3.8) is 0 Å². The maximum absolute atomic E-state index is 11.1. The van der Waals surface area contributed by atoms with Gasteiger partial charge in [0.2, 0.25) is 0 Å². The molecule has 0 aromatic carbocycles. The fourth-order valence-electron chi connectivity index (χ4n) is 2.13. The number of hydrogen-bond donors (Lipinski definition) is 1. The first-order valence-corrected chi connectivity index (χ1v) is 7.61. The van der Waals surface area contributed by atoms with Gasteiger partial charge in [0.05, 0.1) is 11.8 Å². The van der Waals surface area contributed by atoms with Crippen molar-refractivity contribution in [2.24, 2.45) is 0 Å². The Hall–Kier alpha value is -1.27. The summed E-state index contributed by atoms with van der Waals surface area (Å²) in [7, 11) is 0. The van der Waals surface area contributed by atoms with E-state index < -0.39 is 11.2 Å². The lowest BCUT2D eigenvalue weighted by atomic mass is 10.2. The Morgan fingerprint density at radius 3 is 2.83 bits per heavy atom. The number of aromatic nitrogens is 3. The van der Waals surface area contributed by atoms with E-state index in [0.717, 1.165) is 35.4 Å². The highest BCUT2D eigenvalue weighted by atomic mass is 32.2. The van der Waals surface area contributed by atoms with E-state index in [0.29, 0.717) is 11.6 Å². The molecule has 0 amide bonds. The summed E-state index contributed by atoms with van der Waals surface area (Å²) >= 11 is -0.748. The molecule has 0 fully saturated rings. The number of nitrogens with two attached hydrogens (primary N) is 1. The first-order chi connectivity index (χ1) is 8.50. The van der Waals surface area contributed by atoms with Crippen LogP contribution in [0, 0.1) is 13.8 Å². The second kappa shape index (κ2) is 5.16. The Morgan fingerprint density at radius 2 is 2.17 bits per heavy atom. The van der Waals surface area contributed by atoms with Crippen LogP contribution in [0.15, 0.2) is 6.20 Å². The molecule has 98 valence electrons. The van der Waals surface area contributed by atoms with Gasteiger partial charge in [-0.2, -0.15) is 0 Å². The highest BCUT2D eigenvalue weighted by Gasteiger charge is 2.13. The summed E-state index contributed by atoms with van der Waals surface area (Å²) in [6.45, 7) is 4.78. The number of rotatable bonds is 4. The SMILES string of the molecule is Cc1cnc(N)c2nc(C)n(CCC[S+](C)[O-])c12. The van der Waals surface area contributed by atoms with E-state index >= 15 is 0 Å². The van der Waals surface area contributed by atoms with E-state index in [4.69, 9.17) is 5.73 Å². The fraction of sp³-hybridized carbons (Fsp3) is 0.500. The van der Waals surface area contributed by atoms with Crippen LogP contribution >= 0.6 is 0 Å². The molecule has 0 spiro atoms. The molecule has 0 saturated heterocycles. The number of nitrogens with zero attached hydrogens (tertiary/aromatic N) is 3. The van der Waals surface area contributed by atoms with Crippen LogP contribution in [0.2, 0.25) is 0 Å². The molecule has 6 heteroatoms. The summed E-state index contributed by atoms with van der Waals surface area (Å²) in [6, 6.07) is 0. The first kappa shape index (κ1) is 13.2. The topological polar surface area (TPSA) is 79.8 Å². The Morgan fingerprint density at radius 1 is 1.44 bits per heavy atom. The third kappa shape index (κ3) is 2.44. The molecular formula is C12H18N4OS. The minimum atomic E-state index is -0.748. The van der Waals surface area contributed by atoms with Crippen LogP contribution in [0.5, 0.6) is 0 Å². The minimum absolute atomic E-state index is 0.469. The number of aryl methyl sites for hydroxylation is 3. The molecule has 0 saturated carbocycles. The molecule has 1 unspecified atom stereocenters. The molecule has 2 rings (SSSR count). The summed E-state index contributed by atoms with van der Waals surface area (Å²) in [5, 5.41) is 0. The number of nitrogen functional groups attached to an aromatic ring is 1. The van der Waals surface area contributed by atoms with Gasteiger partial charge in [0.1, 0.15) is 17.1 Å². The van der Waals surface area contributed by atoms with E-state index in [2.05, 4.69) is 14.5 Å². The monoisotopic (exact) mass is 266 g/mol. The minimum Gasteiger partial charge on any atom is -0.617 e. The molecule has 0 aliphatic heterocycles. The van der Waals surface area contributed by atoms with Crippen molar-refractivity contribution >= 4 is 28.0 Å². The molecule has 0 radical (unpaired) electrons. The Bertz CT molecular complexity index is 565. The van der Waals surface area contributed by atoms with Crippen LogP contribution in [-0.2, 0) is 17.7 Å². The highest BCUT2D eigenvalue weighted by molar-refractivity contribution is 7.90. The Balaban J connectivity index is 2.37. The lowest BCUT2D eigenvalue weighted by molar-refractivity contribution is 0.591. The van der Waals surface area contributed by atoms with E-state index in [1.54, 1.807) is 12.5 Å². The summed E-state index contributed by atoms with van der Waals surface area (Å²) in [5.74, 6) is 2.10. The van der Waals surface area contributed by atoms with Crippen LogP contribution in [-0.4, -0.2) is 31.1 Å². The lowest BCUT2D eigenvalue weighted by Crippen LogP contribution is -2.09. The quantitative estimate of drug-likeness (QED) is 0.848. The van der Waals surface area contributed by atoms with E-state index in [-0.39, 0.29) is 0 Å². The Kier molecular flexibility index (Phi) is 3.77. The van der Waals surface area contributed by atoms with Crippen LogP contribution in [0.25, 0.3) is 11.0 Å². The zero-order chi connectivity index (χ0) is 13.3. The zero-order valence-electron chi connectivity index (χ0n) is 10.9. The summed E-state index contributed by atoms with van der Waals surface area (Å²) in [6.07, 6.45) is 4.37. The third-order valence-corrected chi connectivity index (χ3v) is 3.85. The summed E-state index contributed by atoms with van der Waals surface area (Å²) in [5.41, 5.74) is 8.73. The molecule has 2 N–H and O–H groups in total. The molecule has 5 nitrogen and oxygen atoms in total. The second-order valence-corrected chi connectivity index (χ2v) is 6.02. The van der Waals surface area contributed by atoms with Crippen molar-refractivity contribution in [2.75, 3.05) is 17.7 Å². The van der Waals surface area contributed by atoms with Gasteiger partial charge in [0.15, 0.2) is 5.82 Å². The number of imidazole rings is 1. The molecule has 2 aromatic heterocycles. The fourth-order valence-corrected chi connectivity index (χ4v) is 2.67. The number of fused-ring (bicyclic) bond motifs is 1. The largest absolute Gasteiger partial charge is 0.617 e. The maximum Gasteiger partial charge on any atom is 0.151 e. The van der Waals surface area contributed by atoms with Gasteiger partial charge < -0.3 is 14.9 Å². The summed E-state index contributed by atoms with van der Waals surface area (Å²) in [4.78, 5) is 8.59. The van der Waals surface area contributed by atoms with Crippen LogP contribution in [0.3, 0.4) is 0 Å². The van der Waals surface area contributed by atoms with Crippen LogP contribution in [0.1, 0.15) is 17.8 Å². The first-order valence-electron chi connectivity index (χ1n) is 5.88. The smallest absolute Gasteiger partial charge is 0.151 e. The van der Waals surface area contributed by atoms with Crippen LogP contribution in [0.4, 0.5) is 5.82 Å². The maximum atomic E-state index is 11.1. The molecule has 0 aliphatic carbocycles. The molecular weight excluding hydrogens is 248 g/mol. The number of hydrogen-bond acceptors (Lipinski definition) is 4. The van der Waals surface area contributed by atoms with Gasteiger partial charge >= 0.3 is 0 Å². The molecule has 18 heavy (non-hydrogen) atoms. The van der Waals surface area contributed by atoms with Gasteiger partial charge in [0, 0.05) is 19.2 Å². The molecule has 0 bridgehead atoms. The normalized spacial score (nSPS) is 13.1. The van der Waals surface area contributed by atoms with E-state index in [1.807, 2.05) is 13.8 Å². The van der Waals surface area contributed by atoms with Crippen molar-refractivity contribution in [1.82, 2.24) is 14.5 Å². The highest BCUT2D eigenvalue weighted by Crippen LogP contribution is 2.23. The van der Waals surface area contributed by atoms with E-state index in [1.165, 1.54) is 0 Å². The van der Waals surface area contributed by atoms with Crippen molar-refractivity contribution in [3.05, 3.63) is 17.6 Å². The average Bonchev–Trinajstić information content (AvgIpc) is 2.63. The number of pyridine rings is 1. The Labute approximate surface area is 110 Å². The lowest BCUT2D eigenvalue weighted by Gasteiger charge is -2.09. The second-order valence-electron chi connectivity index (χ2n) is 4.47. The van der Waals surface area contributed by atoms with Gasteiger partial charge in [-0.25, -0.2) is 9.97 Å². The van der Waals surface area contributed by atoms with Crippen molar-refractivity contribution in [2.45, 2.75) is 26.8 Å².